The van der Waals surface area contributed by atoms with Crippen molar-refractivity contribution in [3.63, 3.8) is 0 Å². The van der Waals surface area contributed by atoms with Crippen molar-refractivity contribution in [3.8, 4) is 5.75 Å². The standard InChI is InChI=1S/C17H18O2/c1-3-16-11-7-8-12-17(16)19-14(2)18-13-15-9-5-4-6-10-15/h3-12,14H,1,13H2,2H3. The van der Waals surface area contributed by atoms with Crippen molar-refractivity contribution in [3.05, 3.63) is 72.3 Å². The van der Waals surface area contributed by atoms with Crippen molar-refractivity contribution in [2.45, 2.75) is 19.8 Å². The molecule has 0 amide bonds. The second-order valence-corrected chi connectivity index (χ2v) is 4.22. The van der Waals surface area contributed by atoms with Crippen molar-refractivity contribution in [1.82, 2.24) is 0 Å². The fraction of sp³-hybridized carbons (Fsp3) is 0.176. The minimum absolute atomic E-state index is 0.304. The van der Waals surface area contributed by atoms with Gasteiger partial charge in [0.15, 0.2) is 6.29 Å². The van der Waals surface area contributed by atoms with E-state index in [0.717, 1.165) is 16.9 Å². The summed E-state index contributed by atoms with van der Waals surface area (Å²) >= 11 is 0. The maximum absolute atomic E-state index is 5.76. The summed E-state index contributed by atoms with van der Waals surface area (Å²) in [5.41, 5.74) is 2.10. The summed E-state index contributed by atoms with van der Waals surface area (Å²) in [5, 5.41) is 0. The van der Waals surface area contributed by atoms with E-state index < -0.39 is 0 Å². The maximum Gasteiger partial charge on any atom is 0.197 e. The first-order valence-corrected chi connectivity index (χ1v) is 6.33. The summed E-state index contributed by atoms with van der Waals surface area (Å²) in [5.74, 6) is 0.790. The van der Waals surface area contributed by atoms with Crippen LogP contribution in [0.5, 0.6) is 5.75 Å². The van der Waals surface area contributed by atoms with Crippen molar-refractivity contribution in [2.75, 3.05) is 0 Å². The molecule has 19 heavy (non-hydrogen) atoms. The quantitative estimate of drug-likeness (QED) is 0.717. The number of hydrogen-bond donors (Lipinski definition) is 0. The summed E-state index contributed by atoms with van der Waals surface area (Å²) in [7, 11) is 0. The number of ether oxygens (including phenoxy) is 2. The highest BCUT2D eigenvalue weighted by Crippen LogP contribution is 2.20. The van der Waals surface area contributed by atoms with E-state index in [2.05, 4.69) is 6.58 Å². The first kappa shape index (κ1) is 13.4. The van der Waals surface area contributed by atoms with Crippen LogP contribution in [-0.2, 0) is 11.3 Å². The third-order valence-electron chi connectivity index (χ3n) is 2.76. The zero-order valence-electron chi connectivity index (χ0n) is 11.1. The second-order valence-electron chi connectivity index (χ2n) is 4.22. The van der Waals surface area contributed by atoms with Gasteiger partial charge in [-0.05, 0) is 18.6 Å². The predicted octanol–water partition coefficient (Wildman–Crippen LogP) is 4.27. The third-order valence-corrected chi connectivity index (χ3v) is 2.76. The molecular weight excluding hydrogens is 236 g/mol. The van der Waals surface area contributed by atoms with Crippen LogP contribution in [0.4, 0.5) is 0 Å². The highest BCUT2D eigenvalue weighted by molar-refractivity contribution is 5.55. The monoisotopic (exact) mass is 254 g/mol. The van der Waals surface area contributed by atoms with E-state index in [9.17, 15) is 0 Å². The molecule has 0 fully saturated rings. The Morgan fingerprint density at radius 3 is 2.47 bits per heavy atom. The fourth-order valence-electron chi connectivity index (χ4n) is 1.76. The third kappa shape index (κ3) is 3.97. The molecule has 0 aliphatic carbocycles. The molecule has 0 saturated carbocycles. The molecule has 0 aliphatic rings. The molecule has 0 heterocycles. The van der Waals surface area contributed by atoms with Crippen LogP contribution in [0.25, 0.3) is 6.08 Å². The van der Waals surface area contributed by atoms with Crippen LogP contribution in [0.2, 0.25) is 0 Å². The second kappa shape index (κ2) is 6.76. The van der Waals surface area contributed by atoms with Crippen LogP contribution in [0.1, 0.15) is 18.1 Å². The highest BCUT2D eigenvalue weighted by atomic mass is 16.7. The van der Waals surface area contributed by atoms with Crippen LogP contribution in [0.3, 0.4) is 0 Å². The Morgan fingerprint density at radius 2 is 1.74 bits per heavy atom. The molecule has 0 aromatic heterocycles. The molecule has 2 heteroatoms. The molecule has 0 bridgehead atoms. The molecule has 0 N–H and O–H groups in total. The lowest BCUT2D eigenvalue weighted by Crippen LogP contribution is -2.16. The van der Waals surface area contributed by atoms with Gasteiger partial charge in [-0.3, -0.25) is 0 Å². The molecule has 0 spiro atoms. The summed E-state index contributed by atoms with van der Waals surface area (Å²) in [6, 6.07) is 17.8. The lowest BCUT2D eigenvalue weighted by atomic mass is 10.2. The Bertz CT molecular complexity index is 520. The Kier molecular flexibility index (Phi) is 4.76. The lowest BCUT2D eigenvalue weighted by Gasteiger charge is -2.17. The Hall–Kier alpha value is -2.06. The van der Waals surface area contributed by atoms with E-state index in [-0.39, 0.29) is 6.29 Å². The van der Waals surface area contributed by atoms with Crippen LogP contribution < -0.4 is 4.74 Å². The van der Waals surface area contributed by atoms with Crippen molar-refractivity contribution < 1.29 is 9.47 Å². The molecule has 2 nitrogen and oxygen atoms in total. The number of hydrogen-bond acceptors (Lipinski definition) is 2. The van der Waals surface area contributed by atoms with E-state index in [0.29, 0.717) is 6.61 Å². The summed E-state index contributed by atoms with van der Waals surface area (Å²) in [6.07, 6.45) is 1.47. The van der Waals surface area contributed by atoms with Gasteiger partial charge >= 0.3 is 0 Å². The molecule has 2 aromatic carbocycles. The van der Waals surface area contributed by atoms with Crippen molar-refractivity contribution in [1.29, 1.82) is 0 Å². The van der Waals surface area contributed by atoms with Crippen LogP contribution in [0, 0.1) is 0 Å². The number of rotatable bonds is 6. The normalized spacial score (nSPS) is 11.8. The molecule has 98 valence electrons. The molecule has 0 saturated heterocycles. The van der Waals surface area contributed by atoms with E-state index >= 15 is 0 Å². The molecule has 2 rings (SSSR count). The van der Waals surface area contributed by atoms with Gasteiger partial charge in [0.05, 0.1) is 6.61 Å². The van der Waals surface area contributed by atoms with Gasteiger partial charge in [-0.15, -0.1) is 0 Å². The van der Waals surface area contributed by atoms with Crippen molar-refractivity contribution in [2.24, 2.45) is 0 Å². The minimum Gasteiger partial charge on any atom is -0.465 e. The lowest BCUT2D eigenvalue weighted by molar-refractivity contribution is -0.0760. The van der Waals surface area contributed by atoms with E-state index in [1.54, 1.807) is 6.08 Å². The van der Waals surface area contributed by atoms with Gasteiger partial charge < -0.3 is 9.47 Å². The van der Waals surface area contributed by atoms with Gasteiger partial charge in [0.25, 0.3) is 0 Å². The largest absolute Gasteiger partial charge is 0.465 e. The Balaban J connectivity index is 1.91. The average molecular weight is 254 g/mol. The molecule has 1 atom stereocenters. The van der Waals surface area contributed by atoms with E-state index in [4.69, 9.17) is 9.47 Å². The van der Waals surface area contributed by atoms with E-state index in [1.165, 1.54) is 0 Å². The predicted molar refractivity (Wildman–Crippen MR) is 77.9 cm³/mol. The van der Waals surface area contributed by atoms with Crippen LogP contribution >= 0.6 is 0 Å². The van der Waals surface area contributed by atoms with Gasteiger partial charge in [-0.25, -0.2) is 0 Å². The van der Waals surface area contributed by atoms with E-state index in [1.807, 2.05) is 61.5 Å². The Morgan fingerprint density at radius 1 is 1.05 bits per heavy atom. The zero-order valence-corrected chi connectivity index (χ0v) is 11.1. The topological polar surface area (TPSA) is 18.5 Å². The smallest absolute Gasteiger partial charge is 0.197 e. The minimum atomic E-state index is -0.304. The number of para-hydroxylation sites is 1. The zero-order chi connectivity index (χ0) is 13.5. The highest BCUT2D eigenvalue weighted by Gasteiger charge is 2.06. The van der Waals surface area contributed by atoms with Crippen molar-refractivity contribution >= 4 is 6.08 Å². The molecule has 1 unspecified atom stereocenters. The van der Waals surface area contributed by atoms with Gasteiger partial charge in [-0.2, -0.15) is 0 Å². The molecule has 2 aromatic rings. The summed E-state index contributed by atoms with van der Waals surface area (Å²) < 4.78 is 11.4. The average Bonchev–Trinajstić information content (AvgIpc) is 2.47. The van der Waals surface area contributed by atoms with Gasteiger partial charge in [0.1, 0.15) is 5.75 Å². The van der Waals surface area contributed by atoms with Gasteiger partial charge in [0.2, 0.25) is 0 Å². The Labute approximate surface area is 114 Å². The molecular formula is C17H18O2. The van der Waals surface area contributed by atoms with Crippen LogP contribution in [-0.4, -0.2) is 6.29 Å². The fourth-order valence-corrected chi connectivity index (χ4v) is 1.76. The first-order valence-electron chi connectivity index (χ1n) is 6.33. The SMILES string of the molecule is C=Cc1ccccc1OC(C)OCc1ccccc1. The van der Waals surface area contributed by atoms with Crippen LogP contribution in [0.15, 0.2) is 61.2 Å². The molecule has 0 radical (unpaired) electrons. The summed E-state index contributed by atoms with van der Waals surface area (Å²) in [4.78, 5) is 0. The van der Waals surface area contributed by atoms with Gasteiger partial charge in [0, 0.05) is 5.56 Å². The maximum atomic E-state index is 5.76. The first-order chi connectivity index (χ1) is 9.29. The van der Waals surface area contributed by atoms with Gasteiger partial charge in [-0.1, -0.05) is 61.2 Å². The summed E-state index contributed by atoms with van der Waals surface area (Å²) in [6.45, 7) is 6.20. The number of benzene rings is 2. The molecule has 0 aliphatic heterocycles.